The molecule has 0 saturated carbocycles. The molecule has 0 saturated heterocycles. The molecule has 0 radical (unpaired) electrons. The predicted octanol–water partition coefficient (Wildman–Crippen LogP) is 3.83. The van der Waals surface area contributed by atoms with Crippen LogP contribution in [-0.4, -0.2) is 16.4 Å². The second-order valence-electron chi connectivity index (χ2n) is 2.55. The topological polar surface area (TPSA) is 0 Å². The fraction of sp³-hybridized carbons (Fsp3) is 0.429. The summed E-state index contributed by atoms with van der Waals surface area (Å²) in [7, 11) is 0. The van der Waals surface area contributed by atoms with Crippen LogP contribution in [0.5, 0.6) is 0 Å². The van der Waals surface area contributed by atoms with E-state index in [0.717, 1.165) is 18.2 Å². The van der Waals surface area contributed by atoms with Crippen LogP contribution in [0.25, 0.3) is 0 Å². The van der Waals surface area contributed by atoms with E-state index in [4.69, 9.17) is 34.8 Å². The Morgan fingerprint density at radius 1 is 1.38 bits per heavy atom. The van der Waals surface area contributed by atoms with E-state index >= 15 is 0 Å². The maximum Gasteiger partial charge on any atom is 0.412 e. The Hall–Kier alpha value is 0.140. The van der Waals surface area contributed by atoms with Gasteiger partial charge in [-0.3, -0.25) is 0 Å². The van der Waals surface area contributed by atoms with Crippen molar-refractivity contribution in [2.45, 2.75) is 16.4 Å². The number of halogens is 6. The van der Waals surface area contributed by atoms with Gasteiger partial charge >= 0.3 is 6.18 Å². The fourth-order valence-electron chi connectivity index (χ4n) is 0.860. The second-order valence-corrected chi connectivity index (χ2v) is 4.08. The van der Waals surface area contributed by atoms with Gasteiger partial charge < -0.3 is 0 Å². The van der Waals surface area contributed by atoms with Crippen molar-refractivity contribution in [1.82, 2.24) is 0 Å². The first kappa shape index (κ1) is 11.2. The van der Waals surface area contributed by atoms with Crippen LogP contribution in [0.15, 0.2) is 23.3 Å². The van der Waals surface area contributed by atoms with Gasteiger partial charge in [-0.05, 0) is 12.2 Å². The average molecular weight is 251 g/mol. The van der Waals surface area contributed by atoms with Crippen LogP contribution in [0.2, 0.25) is 0 Å². The molecule has 0 aromatic rings. The zero-order chi connectivity index (χ0) is 10.3. The molecule has 6 heteroatoms. The van der Waals surface area contributed by atoms with Gasteiger partial charge in [0.15, 0.2) is 4.87 Å². The Labute approximate surface area is 88.0 Å². The highest BCUT2D eigenvalue weighted by molar-refractivity contribution is 6.37. The van der Waals surface area contributed by atoms with Crippen molar-refractivity contribution in [3.8, 4) is 0 Å². The third-order valence-corrected chi connectivity index (χ3v) is 3.04. The predicted molar refractivity (Wildman–Crippen MR) is 47.4 cm³/mol. The molecule has 0 nitrogen and oxygen atoms in total. The Morgan fingerprint density at radius 3 is 2.31 bits per heavy atom. The van der Waals surface area contributed by atoms with Gasteiger partial charge in [-0.25, -0.2) is 0 Å². The van der Waals surface area contributed by atoms with Gasteiger partial charge in [-0.1, -0.05) is 17.7 Å². The van der Waals surface area contributed by atoms with Crippen molar-refractivity contribution in [2.24, 2.45) is 0 Å². The van der Waals surface area contributed by atoms with Crippen LogP contribution in [0.3, 0.4) is 0 Å². The van der Waals surface area contributed by atoms with E-state index in [1.165, 1.54) is 0 Å². The number of hydrogen-bond donors (Lipinski definition) is 0. The summed E-state index contributed by atoms with van der Waals surface area (Å²) in [5.41, 5.74) is 0. The molecule has 2 unspecified atom stereocenters. The number of rotatable bonds is 0. The molecule has 74 valence electrons. The zero-order valence-electron chi connectivity index (χ0n) is 6.08. The first-order valence-corrected chi connectivity index (χ1v) is 4.43. The molecule has 1 rings (SSSR count). The minimum Gasteiger partial charge on any atom is -0.169 e. The van der Waals surface area contributed by atoms with Gasteiger partial charge in [0.2, 0.25) is 0 Å². The molecule has 0 heterocycles. The minimum atomic E-state index is -4.59. The molecule has 0 aromatic heterocycles. The van der Waals surface area contributed by atoms with Gasteiger partial charge in [0.05, 0.1) is 5.38 Å². The normalized spacial score (nSPS) is 34.6. The van der Waals surface area contributed by atoms with Crippen LogP contribution in [0.4, 0.5) is 13.2 Å². The summed E-state index contributed by atoms with van der Waals surface area (Å²) >= 11 is 16.2. The Kier molecular flexibility index (Phi) is 2.91. The van der Waals surface area contributed by atoms with Crippen LogP contribution in [0, 0.1) is 0 Å². The van der Waals surface area contributed by atoms with Gasteiger partial charge in [-0.2, -0.15) is 13.2 Å². The minimum absolute atomic E-state index is 0.153. The van der Waals surface area contributed by atoms with Crippen LogP contribution >= 0.6 is 34.8 Å². The molecule has 0 spiro atoms. The Bertz CT molecular complexity index is 269. The zero-order valence-corrected chi connectivity index (χ0v) is 8.34. The molecule has 1 aliphatic rings. The van der Waals surface area contributed by atoms with Gasteiger partial charge in [0.1, 0.15) is 0 Å². The van der Waals surface area contributed by atoms with Crippen molar-refractivity contribution in [3.63, 3.8) is 0 Å². The van der Waals surface area contributed by atoms with Crippen LogP contribution in [0.1, 0.15) is 0 Å². The Balaban J connectivity index is 3.03. The number of hydrogen-bond acceptors (Lipinski definition) is 0. The van der Waals surface area contributed by atoms with E-state index < -0.39 is 16.4 Å². The first-order chi connectivity index (χ1) is 5.77. The van der Waals surface area contributed by atoms with Crippen molar-refractivity contribution < 1.29 is 13.2 Å². The van der Waals surface area contributed by atoms with Crippen molar-refractivity contribution in [1.29, 1.82) is 0 Å². The molecule has 0 fully saturated rings. The van der Waals surface area contributed by atoms with E-state index in [9.17, 15) is 13.2 Å². The standard InChI is InChI=1S/C7H4Cl3F3/c8-4-1-2-6(10,5(9)3-4)7(11,12)13/h1-3,5H. The summed E-state index contributed by atoms with van der Waals surface area (Å²) in [5, 5.41) is -1.23. The average Bonchev–Trinajstić information content (AvgIpc) is 1.95. The largest absolute Gasteiger partial charge is 0.412 e. The highest BCUT2D eigenvalue weighted by atomic mass is 35.5. The second kappa shape index (κ2) is 3.37. The quantitative estimate of drug-likeness (QED) is 0.574. The first-order valence-electron chi connectivity index (χ1n) is 3.23. The summed E-state index contributed by atoms with van der Waals surface area (Å²) in [6.45, 7) is 0. The summed E-state index contributed by atoms with van der Waals surface area (Å²) in [5.74, 6) is 0. The van der Waals surface area contributed by atoms with E-state index in [0.29, 0.717) is 0 Å². The van der Waals surface area contributed by atoms with Crippen molar-refractivity contribution in [2.75, 3.05) is 0 Å². The van der Waals surface area contributed by atoms with E-state index in [1.54, 1.807) is 0 Å². The lowest BCUT2D eigenvalue weighted by atomic mass is 9.98. The molecule has 1 aliphatic carbocycles. The third kappa shape index (κ3) is 1.97. The molecule has 2 atom stereocenters. The number of alkyl halides is 5. The lowest BCUT2D eigenvalue weighted by Gasteiger charge is -2.31. The molecule has 0 bridgehead atoms. The molecule has 13 heavy (non-hydrogen) atoms. The summed E-state index contributed by atoms with van der Waals surface area (Å²) in [6.07, 6.45) is -1.69. The van der Waals surface area contributed by atoms with E-state index in [2.05, 4.69) is 0 Å². The van der Waals surface area contributed by atoms with E-state index in [1.807, 2.05) is 0 Å². The van der Waals surface area contributed by atoms with Gasteiger partial charge in [-0.15, -0.1) is 23.2 Å². The Morgan fingerprint density at radius 2 is 1.92 bits per heavy atom. The molecule has 0 aliphatic heterocycles. The summed E-state index contributed by atoms with van der Waals surface area (Å²) in [6, 6.07) is 0. The van der Waals surface area contributed by atoms with Crippen LogP contribution < -0.4 is 0 Å². The fourth-order valence-corrected chi connectivity index (χ4v) is 1.57. The molecular formula is C7H4Cl3F3. The van der Waals surface area contributed by atoms with Crippen molar-refractivity contribution >= 4 is 34.8 Å². The molecule has 0 aromatic carbocycles. The maximum atomic E-state index is 12.4. The maximum absolute atomic E-state index is 12.4. The van der Waals surface area contributed by atoms with Gasteiger partial charge in [0, 0.05) is 5.03 Å². The van der Waals surface area contributed by atoms with Crippen LogP contribution in [-0.2, 0) is 0 Å². The third-order valence-electron chi connectivity index (χ3n) is 1.63. The molecule has 0 amide bonds. The van der Waals surface area contributed by atoms with Crippen molar-refractivity contribution in [3.05, 3.63) is 23.3 Å². The monoisotopic (exact) mass is 250 g/mol. The summed E-state index contributed by atoms with van der Waals surface area (Å²) < 4.78 is 37.1. The highest BCUT2D eigenvalue weighted by Gasteiger charge is 2.56. The molecular weight excluding hydrogens is 247 g/mol. The summed E-state index contributed by atoms with van der Waals surface area (Å²) in [4.78, 5) is -2.55. The smallest absolute Gasteiger partial charge is 0.169 e. The van der Waals surface area contributed by atoms with E-state index in [-0.39, 0.29) is 5.03 Å². The lowest BCUT2D eigenvalue weighted by molar-refractivity contribution is -0.148. The SMILES string of the molecule is FC(F)(F)C1(Cl)C=CC(Cl)=CC1Cl. The highest BCUT2D eigenvalue weighted by Crippen LogP contribution is 2.45. The number of allylic oxidation sites excluding steroid dienone is 4. The lowest BCUT2D eigenvalue weighted by Crippen LogP contribution is -2.46. The molecule has 0 N–H and O–H groups in total. The van der Waals surface area contributed by atoms with Gasteiger partial charge in [0.25, 0.3) is 0 Å².